The van der Waals surface area contributed by atoms with Gasteiger partial charge in [0.05, 0.1) is 0 Å². The van der Waals surface area contributed by atoms with Crippen molar-refractivity contribution < 1.29 is 0 Å². The molecule has 0 saturated heterocycles. The van der Waals surface area contributed by atoms with Crippen LogP contribution in [0.15, 0.2) is 24.3 Å². The maximum atomic E-state index is 6.08. The number of benzene rings is 1. The highest BCUT2D eigenvalue weighted by Crippen LogP contribution is 2.23. The molecule has 0 fully saturated rings. The molecule has 1 aromatic rings. The molecule has 0 aliphatic heterocycles. The molecule has 1 aromatic carbocycles. The zero-order valence-corrected chi connectivity index (χ0v) is 13.7. The van der Waals surface area contributed by atoms with E-state index >= 15 is 0 Å². The maximum Gasteiger partial charge on any atom is 0.0473 e. The summed E-state index contributed by atoms with van der Waals surface area (Å²) in [6, 6.07) is 9.87. The second-order valence-corrected chi connectivity index (χ2v) is 5.89. The first-order chi connectivity index (χ1) is 9.63. The fraction of sp³-hybridized carbons (Fsp3) is 0.667. The smallest absolute Gasteiger partial charge is 0.0473 e. The van der Waals surface area contributed by atoms with Crippen LogP contribution in [-0.2, 0) is 6.42 Å². The average molecular weight is 276 g/mol. The van der Waals surface area contributed by atoms with Crippen LogP contribution in [0.2, 0.25) is 0 Å². The number of hydrogen-bond acceptors (Lipinski definition) is 2. The fourth-order valence-corrected chi connectivity index (χ4v) is 2.76. The molecule has 114 valence electrons. The molecule has 0 saturated carbocycles. The lowest BCUT2D eigenvalue weighted by Gasteiger charge is -2.34. The first-order valence-corrected chi connectivity index (χ1v) is 8.18. The van der Waals surface area contributed by atoms with Crippen molar-refractivity contribution in [1.82, 2.24) is 4.90 Å². The van der Waals surface area contributed by atoms with E-state index in [0.717, 1.165) is 13.0 Å². The summed E-state index contributed by atoms with van der Waals surface area (Å²) in [4.78, 5) is 2.55. The van der Waals surface area contributed by atoms with Gasteiger partial charge in [0, 0.05) is 18.6 Å². The molecule has 0 heterocycles. The van der Waals surface area contributed by atoms with Gasteiger partial charge in [0.15, 0.2) is 0 Å². The molecule has 20 heavy (non-hydrogen) atoms. The summed E-state index contributed by atoms with van der Waals surface area (Å²) in [6.07, 6.45) is 4.93. The third kappa shape index (κ3) is 4.92. The SMILES string of the molecule is CCCCCN(C(C)C)C(CN)c1ccc(CC)cc1. The average Bonchev–Trinajstić information content (AvgIpc) is 2.47. The molecule has 2 N–H and O–H groups in total. The summed E-state index contributed by atoms with van der Waals surface area (Å²) in [5, 5.41) is 0. The second kappa shape index (κ2) is 9.15. The Morgan fingerprint density at radius 1 is 1.05 bits per heavy atom. The van der Waals surface area contributed by atoms with Gasteiger partial charge in [-0.3, -0.25) is 4.90 Å². The van der Waals surface area contributed by atoms with Gasteiger partial charge in [-0.2, -0.15) is 0 Å². The molecule has 0 radical (unpaired) electrons. The minimum absolute atomic E-state index is 0.345. The Labute approximate surface area is 125 Å². The second-order valence-electron chi connectivity index (χ2n) is 5.89. The van der Waals surface area contributed by atoms with Crippen molar-refractivity contribution in [1.29, 1.82) is 0 Å². The first kappa shape index (κ1) is 17.2. The monoisotopic (exact) mass is 276 g/mol. The zero-order chi connectivity index (χ0) is 15.0. The van der Waals surface area contributed by atoms with E-state index in [2.05, 4.69) is 56.9 Å². The summed E-state index contributed by atoms with van der Waals surface area (Å²) >= 11 is 0. The molecule has 1 atom stereocenters. The van der Waals surface area contributed by atoms with Gasteiger partial charge in [0.25, 0.3) is 0 Å². The first-order valence-electron chi connectivity index (χ1n) is 8.18. The number of unbranched alkanes of at least 4 members (excludes halogenated alkanes) is 2. The number of hydrogen-bond donors (Lipinski definition) is 1. The minimum Gasteiger partial charge on any atom is -0.329 e. The summed E-state index contributed by atoms with van der Waals surface area (Å²) in [5.41, 5.74) is 8.83. The highest BCUT2D eigenvalue weighted by molar-refractivity contribution is 5.25. The summed E-state index contributed by atoms with van der Waals surface area (Å²) in [7, 11) is 0. The van der Waals surface area contributed by atoms with Gasteiger partial charge in [-0.05, 0) is 44.4 Å². The van der Waals surface area contributed by atoms with E-state index in [1.54, 1.807) is 0 Å². The van der Waals surface area contributed by atoms with Crippen LogP contribution in [-0.4, -0.2) is 24.0 Å². The fourth-order valence-electron chi connectivity index (χ4n) is 2.76. The molecule has 1 rings (SSSR count). The van der Waals surface area contributed by atoms with E-state index in [9.17, 15) is 0 Å². The van der Waals surface area contributed by atoms with Crippen LogP contribution in [0.1, 0.15) is 64.1 Å². The van der Waals surface area contributed by atoms with E-state index in [-0.39, 0.29) is 0 Å². The predicted octanol–water partition coefficient (Wildman–Crippen LogP) is 4.15. The minimum atomic E-state index is 0.345. The van der Waals surface area contributed by atoms with Gasteiger partial charge in [-0.25, -0.2) is 0 Å². The van der Waals surface area contributed by atoms with Gasteiger partial charge in [0.1, 0.15) is 0 Å². The Bertz CT molecular complexity index is 356. The molecule has 0 bridgehead atoms. The van der Waals surface area contributed by atoms with Crippen molar-refractivity contribution in [3.63, 3.8) is 0 Å². The summed E-state index contributed by atoms with van der Waals surface area (Å²) in [6.45, 7) is 10.8. The summed E-state index contributed by atoms with van der Waals surface area (Å²) in [5.74, 6) is 0. The number of nitrogens with zero attached hydrogens (tertiary/aromatic N) is 1. The molecule has 2 heteroatoms. The van der Waals surface area contributed by atoms with Crippen LogP contribution in [0.25, 0.3) is 0 Å². The quantitative estimate of drug-likeness (QED) is 0.687. The van der Waals surface area contributed by atoms with Crippen molar-refractivity contribution in [3.05, 3.63) is 35.4 Å². The van der Waals surface area contributed by atoms with E-state index < -0.39 is 0 Å². The molecule has 1 unspecified atom stereocenters. The van der Waals surface area contributed by atoms with Crippen molar-refractivity contribution in [2.24, 2.45) is 5.73 Å². The highest BCUT2D eigenvalue weighted by atomic mass is 15.2. The molecule has 0 aliphatic rings. The Kier molecular flexibility index (Phi) is 7.86. The lowest BCUT2D eigenvalue weighted by molar-refractivity contribution is 0.154. The Hall–Kier alpha value is -0.860. The van der Waals surface area contributed by atoms with Crippen LogP contribution in [0, 0.1) is 0 Å². The van der Waals surface area contributed by atoms with E-state index in [1.165, 1.54) is 30.4 Å². The molecule has 0 aliphatic carbocycles. The standard InChI is InChI=1S/C18H32N2/c1-5-7-8-13-20(15(3)4)18(14-19)17-11-9-16(6-2)10-12-17/h9-12,15,18H,5-8,13-14,19H2,1-4H3. The van der Waals surface area contributed by atoms with Gasteiger partial charge in [0.2, 0.25) is 0 Å². The van der Waals surface area contributed by atoms with E-state index in [0.29, 0.717) is 18.6 Å². The van der Waals surface area contributed by atoms with Crippen molar-refractivity contribution >= 4 is 0 Å². The Morgan fingerprint density at radius 3 is 2.15 bits per heavy atom. The normalized spacial score (nSPS) is 13.2. The number of aryl methyl sites for hydroxylation is 1. The molecule has 2 nitrogen and oxygen atoms in total. The van der Waals surface area contributed by atoms with Gasteiger partial charge in [-0.15, -0.1) is 0 Å². The maximum absolute atomic E-state index is 6.08. The topological polar surface area (TPSA) is 29.3 Å². The van der Waals surface area contributed by atoms with Crippen molar-refractivity contribution in [2.75, 3.05) is 13.1 Å². The van der Waals surface area contributed by atoms with Gasteiger partial charge < -0.3 is 5.73 Å². The van der Waals surface area contributed by atoms with Crippen molar-refractivity contribution in [2.45, 2.75) is 65.5 Å². The van der Waals surface area contributed by atoms with Crippen LogP contribution < -0.4 is 5.73 Å². The third-order valence-corrected chi connectivity index (χ3v) is 4.08. The number of nitrogens with two attached hydrogens (primary N) is 1. The molecular formula is C18H32N2. The highest BCUT2D eigenvalue weighted by Gasteiger charge is 2.21. The summed E-state index contributed by atoms with van der Waals surface area (Å²) < 4.78 is 0. The Balaban J connectivity index is 2.82. The van der Waals surface area contributed by atoms with Gasteiger partial charge >= 0.3 is 0 Å². The van der Waals surface area contributed by atoms with Crippen LogP contribution >= 0.6 is 0 Å². The van der Waals surface area contributed by atoms with Crippen LogP contribution in [0.5, 0.6) is 0 Å². The van der Waals surface area contributed by atoms with E-state index in [4.69, 9.17) is 5.73 Å². The molecule has 0 amide bonds. The lowest BCUT2D eigenvalue weighted by Crippen LogP contribution is -2.39. The van der Waals surface area contributed by atoms with Crippen LogP contribution in [0.3, 0.4) is 0 Å². The largest absolute Gasteiger partial charge is 0.329 e. The Morgan fingerprint density at radius 2 is 1.70 bits per heavy atom. The molecular weight excluding hydrogens is 244 g/mol. The van der Waals surface area contributed by atoms with Crippen molar-refractivity contribution in [3.8, 4) is 0 Å². The number of rotatable bonds is 9. The van der Waals surface area contributed by atoms with E-state index in [1.807, 2.05) is 0 Å². The molecule has 0 spiro atoms. The third-order valence-electron chi connectivity index (χ3n) is 4.08. The lowest BCUT2D eigenvalue weighted by atomic mass is 10.0. The molecule has 0 aromatic heterocycles. The predicted molar refractivity (Wildman–Crippen MR) is 89.0 cm³/mol. The van der Waals surface area contributed by atoms with Crippen LogP contribution in [0.4, 0.5) is 0 Å². The van der Waals surface area contributed by atoms with Gasteiger partial charge in [-0.1, -0.05) is 51.0 Å². The zero-order valence-electron chi connectivity index (χ0n) is 13.7.